The summed E-state index contributed by atoms with van der Waals surface area (Å²) in [6.07, 6.45) is 9.47. The van der Waals surface area contributed by atoms with Gasteiger partial charge in [0.1, 0.15) is 0 Å². The van der Waals surface area contributed by atoms with Crippen molar-refractivity contribution in [2.75, 3.05) is 19.7 Å². The molecule has 1 amide bonds. The zero-order valence-electron chi connectivity index (χ0n) is 15.1. The molecule has 0 radical (unpaired) electrons. The number of fused-ring (bicyclic) bond motifs is 1. The minimum Gasteiger partial charge on any atom is -0.377 e. The summed E-state index contributed by atoms with van der Waals surface area (Å²) in [5.74, 6) is 0.980. The molecule has 4 heterocycles. The normalized spacial score (nSPS) is 31.3. The average Bonchev–Trinajstić information content (AvgIpc) is 3.21. The van der Waals surface area contributed by atoms with Crippen LogP contribution in [0.5, 0.6) is 0 Å². The van der Waals surface area contributed by atoms with Gasteiger partial charge in [0.25, 0.3) is 0 Å². The van der Waals surface area contributed by atoms with Gasteiger partial charge in [-0.3, -0.25) is 9.48 Å². The molecule has 3 aliphatic heterocycles. The third kappa shape index (κ3) is 2.57. The Morgan fingerprint density at radius 3 is 2.67 bits per heavy atom. The first kappa shape index (κ1) is 16.1. The van der Waals surface area contributed by atoms with Crippen molar-refractivity contribution in [3.8, 4) is 0 Å². The molecule has 2 bridgehead atoms. The Kier molecular flexibility index (Phi) is 3.75. The molecule has 1 saturated carbocycles. The largest absolute Gasteiger partial charge is 0.377 e. The third-order valence-corrected chi connectivity index (χ3v) is 6.25. The maximum Gasteiger partial charge on any atom is 0.231 e. The fourth-order valence-corrected chi connectivity index (χ4v) is 4.55. The molecule has 0 unspecified atom stereocenters. The molecule has 24 heavy (non-hydrogen) atoms. The number of carbonyl (C=O) groups is 1. The lowest BCUT2D eigenvalue weighted by Crippen LogP contribution is -2.54. The molecule has 5 heteroatoms. The van der Waals surface area contributed by atoms with Crippen LogP contribution in [0.3, 0.4) is 0 Å². The number of piperidine rings is 1. The van der Waals surface area contributed by atoms with Crippen molar-refractivity contribution in [2.24, 2.45) is 11.3 Å². The van der Waals surface area contributed by atoms with Crippen molar-refractivity contribution in [2.45, 2.75) is 64.5 Å². The lowest BCUT2D eigenvalue weighted by atomic mass is 9.69. The molecule has 3 saturated heterocycles. The predicted molar refractivity (Wildman–Crippen MR) is 91.6 cm³/mol. The summed E-state index contributed by atoms with van der Waals surface area (Å²) in [4.78, 5) is 14.9. The summed E-state index contributed by atoms with van der Waals surface area (Å²) >= 11 is 0. The van der Waals surface area contributed by atoms with Gasteiger partial charge in [-0.2, -0.15) is 5.10 Å². The standard InChI is InChI=1S/C19H29N3O2/c1-14(2)8-15-11-20-22(12-15)18(3)4-6-21(7-5-18)17(23)19-9-16(10-19)24-13-19/h11-12,14,16H,4-10,13H2,1-3H3. The van der Waals surface area contributed by atoms with Gasteiger partial charge in [-0.05, 0) is 50.5 Å². The van der Waals surface area contributed by atoms with Crippen molar-refractivity contribution in [3.63, 3.8) is 0 Å². The van der Waals surface area contributed by atoms with Crippen molar-refractivity contribution >= 4 is 5.91 Å². The quantitative estimate of drug-likeness (QED) is 0.852. The molecule has 132 valence electrons. The number of nitrogens with zero attached hydrogens (tertiary/aromatic N) is 3. The Labute approximate surface area is 144 Å². The number of amides is 1. The van der Waals surface area contributed by atoms with E-state index in [9.17, 15) is 4.79 Å². The Hall–Kier alpha value is -1.36. The maximum atomic E-state index is 12.9. The van der Waals surface area contributed by atoms with E-state index in [1.807, 2.05) is 6.20 Å². The van der Waals surface area contributed by atoms with Gasteiger partial charge in [-0.1, -0.05) is 13.8 Å². The molecule has 5 rings (SSSR count). The monoisotopic (exact) mass is 331 g/mol. The van der Waals surface area contributed by atoms with E-state index >= 15 is 0 Å². The van der Waals surface area contributed by atoms with Crippen LogP contribution in [0.1, 0.15) is 52.0 Å². The average molecular weight is 331 g/mol. The summed E-state index contributed by atoms with van der Waals surface area (Å²) in [5.41, 5.74) is 1.17. The maximum absolute atomic E-state index is 12.9. The molecule has 0 N–H and O–H groups in total. The third-order valence-electron chi connectivity index (χ3n) is 6.25. The fourth-order valence-electron chi connectivity index (χ4n) is 4.55. The van der Waals surface area contributed by atoms with E-state index in [4.69, 9.17) is 4.74 Å². The van der Waals surface area contributed by atoms with Gasteiger partial charge in [0.15, 0.2) is 0 Å². The summed E-state index contributed by atoms with van der Waals surface area (Å²) in [6, 6.07) is 0. The van der Waals surface area contributed by atoms with Crippen molar-refractivity contribution < 1.29 is 9.53 Å². The Bertz CT molecular complexity index is 617. The number of likely N-dealkylation sites (tertiary alicyclic amines) is 1. The molecule has 1 aromatic rings. The highest BCUT2D eigenvalue weighted by molar-refractivity contribution is 5.84. The molecule has 4 aliphatic rings. The van der Waals surface area contributed by atoms with E-state index in [0.29, 0.717) is 24.5 Å². The van der Waals surface area contributed by atoms with Crippen LogP contribution < -0.4 is 0 Å². The molecular weight excluding hydrogens is 302 g/mol. The molecule has 0 aromatic carbocycles. The predicted octanol–water partition coefficient (Wildman–Crippen LogP) is 2.60. The topological polar surface area (TPSA) is 47.4 Å². The second-order valence-electron chi connectivity index (χ2n) is 8.80. The molecular formula is C19H29N3O2. The molecule has 0 atom stereocenters. The SMILES string of the molecule is CC(C)Cc1cnn(C2(C)CCN(C(=O)C34COC(C3)C4)CC2)c1. The van der Waals surface area contributed by atoms with Crippen LogP contribution in [0, 0.1) is 11.3 Å². The minimum absolute atomic E-state index is 0.0258. The lowest BCUT2D eigenvalue weighted by Gasteiger charge is -2.44. The van der Waals surface area contributed by atoms with Gasteiger partial charge in [-0.25, -0.2) is 0 Å². The van der Waals surface area contributed by atoms with Crippen LogP contribution in [-0.2, 0) is 21.5 Å². The highest BCUT2D eigenvalue weighted by Gasteiger charge is 2.58. The Balaban J connectivity index is 1.39. The van der Waals surface area contributed by atoms with E-state index in [1.165, 1.54) is 5.56 Å². The first-order valence-corrected chi connectivity index (χ1v) is 9.35. The highest BCUT2D eigenvalue weighted by Crippen LogP contribution is 2.51. The van der Waals surface area contributed by atoms with Crippen LogP contribution in [-0.4, -0.2) is 46.4 Å². The minimum atomic E-state index is -0.172. The molecule has 5 nitrogen and oxygen atoms in total. The molecule has 0 spiro atoms. The van der Waals surface area contributed by atoms with Gasteiger partial charge in [-0.15, -0.1) is 0 Å². The number of aromatic nitrogens is 2. The fraction of sp³-hybridized carbons (Fsp3) is 0.789. The van der Waals surface area contributed by atoms with E-state index in [2.05, 4.69) is 41.6 Å². The van der Waals surface area contributed by atoms with Crippen LogP contribution in [0.15, 0.2) is 12.4 Å². The second kappa shape index (κ2) is 5.58. The smallest absolute Gasteiger partial charge is 0.231 e. The zero-order valence-corrected chi connectivity index (χ0v) is 15.1. The second-order valence-corrected chi connectivity index (χ2v) is 8.80. The van der Waals surface area contributed by atoms with Gasteiger partial charge in [0.2, 0.25) is 5.91 Å². The van der Waals surface area contributed by atoms with Crippen molar-refractivity contribution in [3.05, 3.63) is 18.0 Å². The number of carbonyl (C=O) groups excluding carboxylic acids is 1. The highest BCUT2D eigenvalue weighted by atomic mass is 16.5. The van der Waals surface area contributed by atoms with E-state index in [1.54, 1.807) is 0 Å². The van der Waals surface area contributed by atoms with Crippen LogP contribution >= 0.6 is 0 Å². The van der Waals surface area contributed by atoms with Gasteiger partial charge in [0, 0.05) is 19.3 Å². The molecule has 4 fully saturated rings. The summed E-state index contributed by atoms with van der Waals surface area (Å²) in [7, 11) is 0. The molecule has 1 aliphatic carbocycles. The number of hydrogen-bond donors (Lipinski definition) is 0. The number of rotatable bonds is 4. The van der Waals surface area contributed by atoms with Gasteiger partial charge < -0.3 is 9.64 Å². The summed E-state index contributed by atoms with van der Waals surface area (Å²) < 4.78 is 7.77. The van der Waals surface area contributed by atoms with Crippen LogP contribution in [0.25, 0.3) is 0 Å². The van der Waals surface area contributed by atoms with E-state index in [0.717, 1.165) is 45.2 Å². The van der Waals surface area contributed by atoms with Crippen molar-refractivity contribution in [1.82, 2.24) is 14.7 Å². The lowest BCUT2D eigenvalue weighted by molar-refractivity contribution is -0.146. The van der Waals surface area contributed by atoms with Gasteiger partial charge >= 0.3 is 0 Å². The number of ether oxygens (including phenoxy) is 1. The van der Waals surface area contributed by atoms with E-state index < -0.39 is 0 Å². The Morgan fingerprint density at radius 1 is 1.38 bits per heavy atom. The number of hydrogen-bond acceptors (Lipinski definition) is 3. The Morgan fingerprint density at radius 2 is 2.08 bits per heavy atom. The van der Waals surface area contributed by atoms with E-state index in [-0.39, 0.29) is 11.0 Å². The molecule has 1 aromatic heterocycles. The van der Waals surface area contributed by atoms with Crippen LogP contribution in [0.4, 0.5) is 0 Å². The van der Waals surface area contributed by atoms with Crippen molar-refractivity contribution in [1.29, 1.82) is 0 Å². The first-order valence-electron chi connectivity index (χ1n) is 9.35. The summed E-state index contributed by atoms with van der Waals surface area (Å²) in [5, 5.41) is 4.63. The van der Waals surface area contributed by atoms with Gasteiger partial charge in [0.05, 0.1) is 29.9 Å². The first-order chi connectivity index (χ1) is 11.4. The summed E-state index contributed by atoms with van der Waals surface area (Å²) in [6.45, 7) is 9.06. The van der Waals surface area contributed by atoms with Crippen LogP contribution in [0.2, 0.25) is 0 Å². The zero-order chi connectivity index (χ0) is 16.9.